The molecule has 0 aliphatic heterocycles. The molecule has 2 rings (SSSR count). The van der Waals surface area contributed by atoms with E-state index in [9.17, 15) is 0 Å². The molecule has 0 saturated carbocycles. The first-order valence-corrected chi connectivity index (χ1v) is 5.86. The third kappa shape index (κ3) is 3.14. The van der Waals surface area contributed by atoms with Gasteiger partial charge in [-0.3, -0.25) is 0 Å². The number of halogens is 1. The van der Waals surface area contributed by atoms with Crippen molar-refractivity contribution in [1.82, 2.24) is 4.98 Å². The molecule has 19 heavy (non-hydrogen) atoms. The van der Waals surface area contributed by atoms with Gasteiger partial charge < -0.3 is 15.7 Å². The predicted octanol–water partition coefficient (Wildman–Crippen LogP) is 2.93. The van der Waals surface area contributed by atoms with Gasteiger partial charge >= 0.3 is 0 Å². The Morgan fingerprint density at radius 3 is 2.79 bits per heavy atom. The quantitative estimate of drug-likeness (QED) is 0.391. The molecule has 0 aliphatic rings. The van der Waals surface area contributed by atoms with Crippen LogP contribution in [-0.2, 0) is 0 Å². The molecule has 0 atom stereocenters. The number of aryl methyl sites for hydroxylation is 1. The van der Waals surface area contributed by atoms with E-state index in [-0.39, 0.29) is 5.84 Å². The number of rotatable bonds is 3. The smallest absolute Gasteiger partial charge is 0.188 e. The number of pyridine rings is 1. The lowest BCUT2D eigenvalue weighted by Gasteiger charge is -2.09. The second-order valence-corrected chi connectivity index (χ2v) is 4.31. The fourth-order valence-electron chi connectivity index (χ4n) is 1.45. The van der Waals surface area contributed by atoms with Crippen LogP contribution < -0.4 is 10.5 Å². The molecular weight excluding hydrogens is 266 g/mol. The van der Waals surface area contributed by atoms with E-state index in [1.807, 2.05) is 13.0 Å². The molecule has 2 aromatic rings. The van der Waals surface area contributed by atoms with Crippen molar-refractivity contribution >= 4 is 17.4 Å². The van der Waals surface area contributed by atoms with Gasteiger partial charge in [-0.1, -0.05) is 22.8 Å². The first-order chi connectivity index (χ1) is 9.10. The molecule has 5 nitrogen and oxygen atoms in total. The van der Waals surface area contributed by atoms with Crippen molar-refractivity contribution in [3.05, 3.63) is 52.8 Å². The SMILES string of the molecule is Cc1ccc(Cl)cc1Oc1ccc(/C(N)=N/O)nc1. The largest absolute Gasteiger partial charge is 0.455 e. The average molecular weight is 278 g/mol. The van der Waals surface area contributed by atoms with E-state index in [1.54, 1.807) is 24.3 Å². The number of amidine groups is 1. The number of aromatic nitrogens is 1. The second kappa shape index (κ2) is 5.58. The van der Waals surface area contributed by atoms with Crippen molar-refractivity contribution in [2.45, 2.75) is 6.92 Å². The Labute approximate surface area is 115 Å². The standard InChI is InChI=1S/C13H12ClN3O2/c1-8-2-3-9(14)6-12(8)19-10-4-5-11(16-7-10)13(15)17-18/h2-7,18H,1H3,(H2,15,17). The third-order valence-electron chi connectivity index (χ3n) is 2.48. The number of hydrogen-bond donors (Lipinski definition) is 2. The van der Waals surface area contributed by atoms with Crippen LogP contribution in [-0.4, -0.2) is 16.0 Å². The van der Waals surface area contributed by atoms with Crippen molar-refractivity contribution in [3.8, 4) is 11.5 Å². The van der Waals surface area contributed by atoms with Crippen LogP contribution in [0.2, 0.25) is 5.02 Å². The predicted molar refractivity (Wildman–Crippen MR) is 73.0 cm³/mol. The minimum absolute atomic E-state index is 0.0505. The minimum atomic E-state index is -0.0505. The molecule has 0 bridgehead atoms. The number of nitrogens with zero attached hydrogens (tertiary/aromatic N) is 2. The summed E-state index contributed by atoms with van der Waals surface area (Å²) in [6.07, 6.45) is 1.49. The summed E-state index contributed by atoms with van der Waals surface area (Å²) in [5.41, 5.74) is 6.76. The molecule has 98 valence electrons. The van der Waals surface area contributed by atoms with Crippen molar-refractivity contribution < 1.29 is 9.94 Å². The Morgan fingerprint density at radius 1 is 1.37 bits per heavy atom. The zero-order chi connectivity index (χ0) is 13.8. The number of nitrogens with two attached hydrogens (primary N) is 1. The molecule has 0 fully saturated rings. The number of oxime groups is 1. The summed E-state index contributed by atoms with van der Waals surface area (Å²) < 4.78 is 5.67. The zero-order valence-corrected chi connectivity index (χ0v) is 10.9. The minimum Gasteiger partial charge on any atom is -0.455 e. The van der Waals surface area contributed by atoms with Gasteiger partial charge in [0.1, 0.15) is 17.2 Å². The zero-order valence-electron chi connectivity index (χ0n) is 10.2. The Balaban J connectivity index is 2.22. The van der Waals surface area contributed by atoms with Gasteiger partial charge in [0, 0.05) is 5.02 Å². The van der Waals surface area contributed by atoms with Crippen molar-refractivity contribution in [1.29, 1.82) is 0 Å². The van der Waals surface area contributed by atoms with E-state index >= 15 is 0 Å². The van der Waals surface area contributed by atoms with Crippen molar-refractivity contribution in [3.63, 3.8) is 0 Å². The van der Waals surface area contributed by atoms with Gasteiger partial charge in [-0.15, -0.1) is 0 Å². The summed E-state index contributed by atoms with van der Waals surface area (Å²) in [6, 6.07) is 8.68. The number of benzene rings is 1. The molecule has 6 heteroatoms. The van der Waals surface area contributed by atoms with Crippen LogP contribution in [0.5, 0.6) is 11.5 Å². The number of hydrogen-bond acceptors (Lipinski definition) is 4. The van der Waals surface area contributed by atoms with E-state index in [1.165, 1.54) is 6.20 Å². The van der Waals surface area contributed by atoms with Crippen LogP contribution in [0.25, 0.3) is 0 Å². The fourth-order valence-corrected chi connectivity index (χ4v) is 1.62. The first-order valence-electron chi connectivity index (χ1n) is 5.48. The molecular formula is C13H12ClN3O2. The Kier molecular flexibility index (Phi) is 3.87. The van der Waals surface area contributed by atoms with E-state index in [4.69, 9.17) is 27.3 Å². The molecule has 3 N–H and O–H groups in total. The van der Waals surface area contributed by atoms with Crippen LogP contribution in [0.15, 0.2) is 41.7 Å². The van der Waals surface area contributed by atoms with Gasteiger partial charge in [-0.05, 0) is 36.8 Å². The van der Waals surface area contributed by atoms with Crippen LogP contribution in [0.1, 0.15) is 11.3 Å². The van der Waals surface area contributed by atoms with Gasteiger partial charge in [0.05, 0.1) is 6.20 Å². The molecule has 0 amide bonds. The summed E-state index contributed by atoms with van der Waals surface area (Å²) in [4.78, 5) is 4.02. The van der Waals surface area contributed by atoms with Gasteiger partial charge in [0.2, 0.25) is 0 Å². The molecule has 0 aliphatic carbocycles. The van der Waals surface area contributed by atoms with Crippen LogP contribution in [0.3, 0.4) is 0 Å². The lowest BCUT2D eigenvalue weighted by molar-refractivity contribution is 0.318. The highest BCUT2D eigenvalue weighted by Gasteiger charge is 2.05. The maximum absolute atomic E-state index is 8.54. The summed E-state index contributed by atoms with van der Waals surface area (Å²) in [5, 5.41) is 12.0. The van der Waals surface area contributed by atoms with Gasteiger partial charge in [-0.2, -0.15) is 0 Å². The van der Waals surface area contributed by atoms with E-state index in [0.29, 0.717) is 22.2 Å². The summed E-state index contributed by atoms with van der Waals surface area (Å²) >= 11 is 5.91. The molecule has 1 heterocycles. The molecule has 1 aromatic carbocycles. The normalized spacial score (nSPS) is 11.4. The highest BCUT2D eigenvalue weighted by molar-refractivity contribution is 6.30. The summed E-state index contributed by atoms with van der Waals surface area (Å²) in [6.45, 7) is 1.92. The van der Waals surface area contributed by atoms with Crippen molar-refractivity contribution in [2.75, 3.05) is 0 Å². The van der Waals surface area contributed by atoms with Crippen molar-refractivity contribution in [2.24, 2.45) is 10.9 Å². The molecule has 0 saturated heterocycles. The summed E-state index contributed by atoms with van der Waals surface area (Å²) in [5.74, 6) is 1.15. The second-order valence-electron chi connectivity index (χ2n) is 3.88. The molecule has 0 unspecified atom stereocenters. The topological polar surface area (TPSA) is 80.7 Å². The Bertz CT molecular complexity index is 612. The third-order valence-corrected chi connectivity index (χ3v) is 2.72. The average Bonchev–Trinajstić information content (AvgIpc) is 2.43. The Hall–Kier alpha value is -2.27. The Morgan fingerprint density at radius 2 is 2.16 bits per heavy atom. The van der Waals surface area contributed by atoms with E-state index in [0.717, 1.165) is 5.56 Å². The van der Waals surface area contributed by atoms with Gasteiger partial charge in [-0.25, -0.2) is 4.98 Å². The van der Waals surface area contributed by atoms with Crippen LogP contribution >= 0.6 is 11.6 Å². The van der Waals surface area contributed by atoms with E-state index in [2.05, 4.69) is 10.1 Å². The maximum atomic E-state index is 8.54. The maximum Gasteiger partial charge on any atom is 0.188 e. The van der Waals surface area contributed by atoms with Crippen LogP contribution in [0, 0.1) is 6.92 Å². The lowest BCUT2D eigenvalue weighted by atomic mass is 10.2. The molecule has 0 radical (unpaired) electrons. The van der Waals surface area contributed by atoms with Gasteiger partial charge in [0.25, 0.3) is 0 Å². The fraction of sp³-hybridized carbons (Fsp3) is 0.0769. The summed E-state index contributed by atoms with van der Waals surface area (Å²) in [7, 11) is 0. The monoisotopic (exact) mass is 277 g/mol. The highest BCUT2D eigenvalue weighted by atomic mass is 35.5. The number of ether oxygens (including phenoxy) is 1. The van der Waals surface area contributed by atoms with Crippen LogP contribution in [0.4, 0.5) is 0 Å². The molecule has 1 aromatic heterocycles. The highest BCUT2D eigenvalue weighted by Crippen LogP contribution is 2.27. The van der Waals surface area contributed by atoms with Gasteiger partial charge in [0.15, 0.2) is 5.84 Å². The first kappa shape index (κ1) is 13.2. The lowest BCUT2D eigenvalue weighted by Crippen LogP contribution is -2.14. The van der Waals surface area contributed by atoms with E-state index < -0.39 is 0 Å². The molecule has 0 spiro atoms.